The van der Waals surface area contributed by atoms with E-state index in [2.05, 4.69) is 5.32 Å². The standard InChI is InChI=1S/C22H21ClN2O4S/c1-2-29-21-14-7-6-13-20(21)25(30(27,28)19-11-4-3-5-12-19)16-22(26)24-18-10-8-9-17(23)15-18/h3-15H,2,16H2,1H3,(H,24,26). The molecule has 0 saturated carbocycles. The van der Waals surface area contributed by atoms with Crippen LogP contribution in [0.3, 0.4) is 0 Å². The maximum absolute atomic E-state index is 13.4. The van der Waals surface area contributed by atoms with Gasteiger partial charge in [-0.25, -0.2) is 8.42 Å². The number of hydrogen-bond acceptors (Lipinski definition) is 4. The topological polar surface area (TPSA) is 75.7 Å². The number of para-hydroxylation sites is 2. The van der Waals surface area contributed by atoms with E-state index in [1.54, 1.807) is 73.7 Å². The Balaban J connectivity index is 1.99. The smallest absolute Gasteiger partial charge is 0.264 e. The molecule has 0 saturated heterocycles. The van der Waals surface area contributed by atoms with Crippen molar-refractivity contribution < 1.29 is 17.9 Å². The van der Waals surface area contributed by atoms with Crippen molar-refractivity contribution in [2.24, 2.45) is 0 Å². The number of carbonyl (C=O) groups is 1. The minimum Gasteiger partial charge on any atom is -0.492 e. The summed E-state index contributed by atoms with van der Waals surface area (Å²) in [6.07, 6.45) is 0. The molecule has 8 heteroatoms. The van der Waals surface area contributed by atoms with E-state index >= 15 is 0 Å². The highest BCUT2D eigenvalue weighted by atomic mass is 35.5. The Morgan fingerprint density at radius 3 is 2.40 bits per heavy atom. The molecule has 0 atom stereocenters. The van der Waals surface area contributed by atoms with Gasteiger partial charge in [-0.2, -0.15) is 0 Å². The number of anilines is 2. The van der Waals surface area contributed by atoms with Crippen molar-refractivity contribution in [1.29, 1.82) is 0 Å². The third kappa shape index (κ3) is 5.11. The highest BCUT2D eigenvalue weighted by Gasteiger charge is 2.29. The Morgan fingerprint density at radius 2 is 1.70 bits per heavy atom. The summed E-state index contributed by atoms with van der Waals surface area (Å²) in [5, 5.41) is 3.15. The monoisotopic (exact) mass is 444 g/mol. The van der Waals surface area contributed by atoms with E-state index in [0.717, 1.165) is 4.31 Å². The number of amides is 1. The Morgan fingerprint density at radius 1 is 1.00 bits per heavy atom. The number of halogens is 1. The molecule has 1 amide bonds. The zero-order chi connectivity index (χ0) is 21.6. The second kappa shape index (κ2) is 9.65. The van der Waals surface area contributed by atoms with E-state index < -0.39 is 22.5 Å². The van der Waals surface area contributed by atoms with E-state index in [4.69, 9.17) is 16.3 Å². The van der Waals surface area contributed by atoms with Gasteiger partial charge in [0.15, 0.2) is 0 Å². The van der Waals surface area contributed by atoms with Gasteiger partial charge in [-0.15, -0.1) is 0 Å². The fourth-order valence-electron chi connectivity index (χ4n) is 2.86. The van der Waals surface area contributed by atoms with Gasteiger partial charge in [0.05, 0.1) is 17.2 Å². The van der Waals surface area contributed by atoms with Crippen molar-refractivity contribution in [3.8, 4) is 5.75 Å². The van der Waals surface area contributed by atoms with Crippen molar-refractivity contribution in [3.63, 3.8) is 0 Å². The van der Waals surface area contributed by atoms with E-state index in [-0.39, 0.29) is 10.6 Å². The van der Waals surface area contributed by atoms with Gasteiger partial charge >= 0.3 is 0 Å². The Labute approximate surface area is 181 Å². The number of benzene rings is 3. The van der Waals surface area contributed by atoms with Gasteiger partial charge in [-0.05, 0) is 49.4 Å². The molecular formula is C22H21ClN2O4S. The molecule has 0 unspecified atom stereocenters. The molecule has 0 aliphatic rings. The number of hydrogen-bond donors (Lipinski definition) is 1. The molecule has 1 N–H and O–H groups in total. The molecule has 6 nitrogen and oxygen atoms in total. The average molecular weight is 445 g/mol. The van der Waals surface area contributed by atoms with Crippen molar-refractivity contribution in [3.05, 3.63) is 83.9 Å². The van der Waals surface area contributed by atoms with Crippen LogP contribution in [0.25, 0.3) is 0 Å². The normalized spacial score (nSPS) is 11.0. The summed E-state index contributed by atoms with van der Waals surface area (Å²) < 4.78 is 33.5. The zero-order valence-corrected chi connectivity index (χ0v) is 17.9. The molecule has 0 fully saturated rings. The van der Waals surface area contributed by atoms with Crippen LogP contribution >= 0.6 is 11.6 Å². The van der Waals surface area contributed by atoms with Gasteiger partial charge in [0.25, 0.3) is 10.0 Å². The second-order valence-electron chi connectivity index (χ2n) is 6.28. The van der Waals surface area contributed by atoms with Gasteiger partial charge in [-0.1, -0.05) is 48.0 Å². The molecule has 0 aliphatic carbocycles. The molecular weight excluding hydrogens is 424 g/mol. The summed E-state index contributed by atoms with van der Waals surface area (Å²) in [6.45, 7) is 1.72. The van der Waals surface area contributed by atoms with Crippen LogP contribution in [-0.2, 0) is 14.8 Å². The maximum atomic E-state index is 13.4. The van der Waals surface area contributed by atoms with Crippen LogP contribution < -0.4 is 14.4 Å². The summed E-state index contributed by atoms with van der Waals surface area (Å²) >= 11 is 5.96. The summed E-state index contributed by atoms with van der Waals surface area (Å²) in [6, 6.07) is 21.3. The predicted molar refractivity (Wildman–Crippen MR) is 119 cm³/mol. The number of sulfonamides is 1. The van der Waals surface area contributed by atoms with Crippen molar-refractivity contribution in [2.45, 2.75) is 11.8 Å². The van der Waals surface area contributed by atoms with Crippen LogP contribution in [0.5, 0.6) is 5.75 Å². The predicted octanol–water partition coefficient (Wildman–Crippen LogP) is 4.57. The first-order valence-electron chi connectivity index (χ1n) is 9.27. The first-order valence-corrected chi connectivity index (χ1v) is 11.1. The Hall–Kier alpha value is -3.03. The second-order valence-corrected chi connectivity index (χ2v) is 8.58. The molecule has 0 aromatic heterocycles. The third-order valence-corrected chi connectivity index (χ3v) is 6.17. The molecule has 0 aliphatic heterocycles. The van der Waals surface area contributed by atoms with Crippen LogP contribution in [0.2, 0.25) is 5.02 Å². The molecule has 3 aromatic carbocycles. The Bertz CT molecular complexity index is 1120. The van der Waals surface area contributed by atoms with Crippen LogP contribution in [0.15, 0.2) is 83.8 Å². The van der Waals surface area contributed by atoms with Gasteiger partial charge < -0.3 is 10.1 Å². The summed E-state index contributed by atoms with van der Waals surface area (Å²) in [7, 11) is -4.02. The molecule has 3 aromatic rings. The van der Waals surface area contributed by atoms with Gasteiger partial charge in [0.1, 0.15) is 12.3 Å². The first-order chi connectivity index (χ1) is 14.4. The highest BCUT2D eigenvalue weighted by molar-refractivity contribution is 7.92. The zero-order valence-electron chi connectivity index (χ0n) is 16.3. The molecule has 30 heavy (non-hydrogen) atoms. The van der Waals surface area contributed by atoms with Crippen molar-refractivity contribution in [2.75, 3.05) is 22.8 Å². The number of carbonyl (C=O) groups excluding carboxylic acids is 1. The molecule has 156 valence electrons. The van der Waals surface area contributed by atoms with Crippen molar-refractivity contribution >= 4 is 38.9 Å². The summed E-state index contributed by atoms with van der Waals surface area (Å²) in [5.41, 5.74) is 0.757. The lowest BCUT2D eigenvalue weighted by Crippen LogP contribution is -2.38. The van der Waals surface area contributed by atoms with Gasteiger partial charge in [0, 0.05) is 10.7 Å². The maximum Gasteiger partial charge on any atom is 0.264 e. The summed E-state index contributed by atoms with van der Waals surface area (Å²) in [4.78, 5) is 12.8. The molecule has 0 spiro atoms. The Kier molecular flexibility index (Phi) is 6.97. The third-order valence-electron chi connectivity index (χ3n) is 4.16. The van der Waals surface area contributed by atoms with E-state index in [0.29, 0.717) is 23.1 Å². The van der Waals surface area contributed by atoms with Crippen LogP contribution in [0.4, 0.5) is 11.4 Å². The minimum atomic E-state index is -4.02. The van der Waals surface area contributed by atoms with Crippen LogP contribution in [0.1, 0.15) is 6.92 Å². The molecule has 0 bridgehead atoms. The lowest BCUT2D eigenvalue weighted by atomic mass is 10.3. The number of rotatable bonds is 8. The molecule has 0 radical (unpaired) electrons. The SMILES string of the molecule is CCOc1ccccc1N(CC(=O)Nc1cccc(Cl)c1)S(=O)(=O)c1ccccc1. The largest absolute Gasteiger partial charge is 0.492 e. The van der Waals surface area contributed by atoms with Crippen LogP contribution in [0, 0.1) is 0 Å². The number of nitrogens with zero attached hydrogens (tertiary/aromatic N) is 1. The fraction of sp³-hybridized carbons (Fsp3) is 0.136. The van der Waals surface area contributed by atoms with Crippen LogP contribution in [-0.4, -0.2) is 27.5 Å². The number of nitrogens with one attached hydrogen (secondary N) is 1. The van der Waals surface area contributed by atoms with E-state index in [9.17, 15) is 13.2 Å². The lowest BCUT2D eigenvalue weighted by Gasteiger charge is -2.26. The first kappa shape index (κ1) is 21.7. The minimum absolute atomic E-state index is 0.0758. The van der Waals surface area contributed by atoms with Gasteiger partial charge in [-0.3, -0.25) is 9.10 Å². The van der Waals surface area contributed by atoms with E-state index in [1.165, 1.54) is 12.1 Å². The fourth-order valence-corrected chi connectivity index (χ4v) is 4.50. The van der Waals surface area contributed by atoms with Crippen molar-refractivity contribution in [1.82, 2.24) is 0 Å². The molecule has 3 rings (SSSR count). The average Bonchev–Trinajstić information content (AvgIpc) is 2.73. The summed E-state index contributed by atoms with van der Waals surface area (Å²) in [5.74, 6) is -0.141. The molecule has 0 heterocycles. The van der Waals surface area contributed by atoms with E-state index in [1.807, 2.05) is 0 Å². The number of ether oxygens (including phenoxy) is 1. The quantitative estimate of drug-likeness (QED) is 0.552. The lowest BCUT2D eigenvalue weighted by molar-refractivity contribution is -0.114. The highest BCUT2D eigenvalue weighted by Crippen LogP contribution is 2.32. The van der Waals surface area contributed by atoms with Gasteiger partial charge in [0.2, 0.25) is 5.91 Å².